The number of benzene rings is 3. The van der Waals surface area contributed by atoms with Gasteiger partial charge in [-0.1, -0.05) is 41.7 Å². The van der Waals surface area contributed by atoms with Gasteiger partial charge in [-0.3, -0.25) is 14.4 Å². The van der Waals surface area contributed by atoms with Crippen LogP contribution in [0.3, 0.4) is 0 Å². The minimum absolute atomic E-state index is 0.121. The third kappa shape index (κ3) is 7.23. The van der Waals surface area contributed by atoms with Crippen LogP contribution in [0.15, 0.2) is 100 Å². The Kier molecular flexibility index (Phi) is 8.70. The van der Waals surface area contributed by atoms with E-state index in [-0.39, 0.29) is 23.3 Å². The zero-order valence-corrected chi connectivity index (χ0v) is 23.8. The predicted octanol–water partition coefficient (Wildman–Crippen LogP) is 6.81. The number of aryl methyl sites for hydroxylation is 1. The van der Waals surface area contributed by atoms with Crippen molar-refractivity contribution in [2.75, 3.05) is 16.4 Å². The number of hydrogen-bond acceptors (Lipinski definition) is 7. The molecule has 5 rings (SSSR count). The SMILES string of the molecule is Cc1ccc2nc(NC(=O)CSc3cccc(NC(=O)/C(=C/c4ccsc4)NC(=O)c4ccccc4)c3)sc2c1. The van der Waals surface area contributed by atoms with Crippen LogP contribution in [-0.2, 0) is 9.59 Å². The van der Waals surface area contributed by atoms with Gasteiger partial charge in [0.25, 0.3) is 11.8 Å². The Morgan fingerprint density at radius 1 is 0.950 bits per heavy atom. The summed E-state index contributed by atoms with van der Waals surface area (Å²) >= 11 is 4.29. The number of thiazole rings is 1. The van der Waals surface area contributed by atoms with E-state index in [2.05, 4.69) is 20.9 Å². The molecule has 0 saturated carbocycles. The van der Waals surface area contributed by atoms with E-state index in [1.165, 1.54) is 34.4 Å². The summed E-state index contributed by atoms with van der Waals surface area (Å²) in [6, 6.07) is 23.8. The maximum atomic E-state index is 13.2. The van der Waals surface area contributed by atoms with Crippen molar-refractivity contribution >= 4 is 79.3 Å². The summed E-state index contributed by atoms with van der Waals surface area (Å²) in [5.41, 5.74) is 3.92. The predicted molar refractivity (Wildman–Crippen MR) is 165 cm³/mol. The highest BCUT2D eigenvalue weighted by atomic mass is 32.2. The Morgan fingerprint density at radius 3 is 2.60 bits per heavy atom. The lowest BCUT2D eigenvalue weighted by Gasteiger charge is -2.12. The van der Waals surface area contributed by atoms with Gasteiger partial charge in [-0.2, -0.15) is 11.3 Å². The van der Waals surface area contributed by atoms with Crippen molar-refractivity contribution in [1.29, 1.82) is 0 Å². The fraction of sp³-hybridized carbons (Fsp3) is 0.0667. The molecular formula is C30H24N4O3S3. The van der Waals surface area contributed by atoms with Crippen LogP contribution in [-0.4, -0.2) is 28.5 Å². The van der Waals surface area contributed by atoms with E-state index in [1.807, 2.05) is 54.1 Å². The van der Waals surface area contributed by atoms with Crippen LogP contribution < -0.4 is 16.0 Å². The highest BCUT2D eigenvalue weighted by Gasteiger charge is 2.16. The topological polar surface area (TPSA) is 100 Å². The molecule has 0 atom stereocenters. The van der Waals surface area contributed by atoms with E-state index in [1.54, 1.807) is 48.5 Å². The lowest BCUT2D eigenvalue weighted by Crippen LogP contribution is -2.30. The molecule has 3 aromatic carbocycles. The third-order valence-corrected chi connectivity index (χ3v) is 8.26. The molecule has 200 valence electrons. The maximum Gasteiger partial charge on any atom is 0.272 e. The minimum Gasteiger partial charge on any atom is -0.321 e. The number of thiophene rings is 1. The number of rotatable bonds is 9. The number of thioether (sulfide) groups is 1. The van der Waals surface area contributed by atoms with Crippen LogP contribution >= 0.6 is 34.4 Å². The third-order valence-electron chi connectivity index (χ3n) is 5.64. The molecule has 0 fully saturated rings. The van der Waals surface area contributed by atoms with Crippen LogP contribution in [0.5, 0.6) is 0 Å². The number of carbonyl (C=O) groups excluding carboxylic acids is 3. The average Bonchev–Trinajstić information content (AvgIpc) is 3.61. The normalized spacial score (nSPS) is 11.3. The largest absolute Gasteiger partial charge is 0.321 e. The second kappa shape index (κ2) is 12.7. The Hall–Kier alpha value is -4.25. The zero-order chi connectivity index (χ0) is 27.9. The second-order valence-corrected chi connectivity index (χ2v) is 11.6. The first-order valence-corrected chi connectivity index (χ1v) is 15.0. The number of carbonyl (C=O) groups is 3. The molecule has 0 aliphatic rings. The number of fused-ring (bicyclic) bond motifs is 1. The van der Waals surface area contributed by atoms with Crippen molar-refractivity contribution in [3.63, 3.8) is 0 Å². The van der Waals surface area contributed by atoms with E-state index >= 15 is 0 Å². The summed E-state index contributed by atoms with van der Waals surface area (Å²) in [5.74, 6) is -0.819. The summed E-state index contributed by atoms with van der Waals surface area (Å²) in [5, 5.41) is 12.8. The fourth-order valence-electron chi connectivity index (χ4n) is 3.72. The van der Waals surface area contributed by atoms with Crippen molar-refractivity contribution in [1.82, 2.24) is 10.3 Å². The molecule has 3 amide bonds. The Morgan fingerprint density at radius 2 is 1.80 bits per heavy atom. The molecule has 2 aromatic heterocycles. The fourth-order valence-corrected chi connectivity index (χ4v) is 6.07. The molecule has 0 aliphatic heterocycles. The van der Waals surface area contributed by atoms with Crippen molar-refractivity contribution in [2.45, 2.75) is 11.8 Å². The summed E-state index contributed by atoms with van der Waals surface area (Å²) in [6.07, 6.45) is 1.64. The van der Waals surface area contributed by atoms with E-state index in [4.69, 9.17) is 0 Å². The summed E-state index contributed by atoms with van der Waals surface area (Å²) in [6.45, 7) is 2.02. The quantitative estimate of drug-likeness (QED) is 0.131. The van der Waals surface area contributed by atoms with Crippen LogP contribution in [0.25, 0.3) is 16.3 Å². The number of anilines is 2. The zero-order valence-electron chi connectivity index (χ0n) is 21.3. The van der Waals surface area contributed by atoms with Gasteiger partial charge in [0.15, 0.2) is 5.13 Å². The first-order chi connectivity index (χ1) is 19.4. The Bertz CT molecular complexity index is 1700. The lowest BCUT2D eigenvalue weighted by molar-refractivity contribution is -0.114. The second-order valence-electron chi connectivity index (χ2n) is 8.74. The summed E-state index contributed by atoms with van der Waals surface area (Å²) in [4.78, 5) is 43.8. The van der Waals surface area contributed by atoms with E-state index < -0.39 is 5.91 Å². The summed E-state index contributed by atoms with van der Waals surface area (Å²) < 4.78 is 1.03. The standard InChI is InChI=1S/C30H24N4O3S3/c1-19-10-11-24-26(14-19)40-30(33-24)34-27(35)18-39-23-9-5-8-22(16-23)31-29(37)25(15-20-12-13-38-17-20)32-28(36)21-6-3-2-4-7-21/h2-17H,18H2,1H3,(H,31,37)(H,32,36)(H,33,34,35)/b25-15-. The van der Waals surface area contributed by atoms with Crippen molar-refractivity contribution in [3.05, 3.63) is 112 Å². The van der Waals surface area contributed by atoms with Gasteiger partial charge in [0.05, 0.1) is 16.0 Å². The molecule has 0 saturated heterocycles. The van der Waals surface area contributed by atoms with Gasteiger partial charge in [-0.25, -0.2) is 4.98 Å². The Balaban J connectivity index is 1.22. The molecule has 10 heteroatoms. The van der Waals surface area contributed by atoms with Gasteiger partial charge in [-0.05, 0) is 83.4 Å². The van der Waals surface area contributed by atoms with Gasteiger partial charge in [-0.15, -0.1) is 11.8 Å². The van der Waals surface area contributed by atoms with Crippen molar-refractivity contribution < 1.29 is 14.4 Å². The molecule has 3 N–H and O–H groups in total. The minimum atomic E-state index is -0.457. The number of nitrogens with one attached hydrogen (secondary N) is 3. The van der Waals surface area contributed by atoms with Crippen molar-refractivity contribution in [2.24, 2.45) is 0 Å². The number of hydrogen-bond donors (Lipinski definition) is 3. The maximum absolute atomic E-state index is 13.2. The molecule has 0 aliphatic carbocycles. The first-order valence-electron chi connectivity index (χ1n) is 12.2. The number of nitrogens with zero attached hydrogens (tertiary/aromatic N) is 1. The molecule has 40 heavy (non-hydrogen) atoms. The molecular weight excluding hydrogens is 561 g/mol. The van der Waals surface area contributed by atoms with Crippen LogP contribution in [0, 0.1) is 6.92 Å². The lowest BCUT2D eigenvalue weighted by atomic mass is 10.2. The Labute approximate surface area is 243 Å². The van der Waals surface area contributed by atoms with E-state index in [0.717, 1.165) is 26.2 Å². The smallest absolute Gasteiger partial charge is 0.272 e. The molecule has 5 aromatic rings. The van der Waals surface area contributed by atoms with Gasteiger partial charge < -0.3 is 16.0 Å². The highest BCUT2D eigenvalue weighted by molar-refractivity contribution is 8.00. The first kappa shape index (κ1) is 27.3. The van der Waals surface area contributed by atoms with Gasteiger partial charge in [0, 0.05) is 16.1 Å². The van der Waals surface area contributed by atoms with Crippen LogP contribution in [0.2, 0.25) is 0 Å². The highest BCUT2D eigenvalue weighted by Crippen LogP contribution is 2.27. The van der Waals surface area contributed by atoms with Crippen LogP contribution in [0.4, 0.5) is 10.8 Å². The van der Waals surface area contributed by atoms with Crippen LogP contribution in [0.1, 0.15) is 21.5 Å². The molecule has 0 bridgehead atoms. The molecule has 2 heterocycles. The number of aromatic nitrogens is 1. The summed E-state index contributed by atoms with van der Waals surface area (Å²) in [7, 11) is 0. The molecule has 0 radical (unpaired) electrons. The monoisotopic (exact) mass is 584 g/mol. The van der Waals surface area contributed by atoms with Gasteiger partial charge >= 0.3 is 0 Å². The molecule has 7 nitrogen and oxygen atoms in total. The molecule has 0 unspecified atom stereocenters. The van der Waals surface area contributed by atoms with Crippen molar-refractivity contribution in [3.8, 4) is 0 Å². The number of amides is 3. The van der Waals surface area contributed by atoms with Gasteiger partial charge in [0.1, 0.15) is 5.70 Å². The van der Waals surface area contributed by atoms with Gasteiger partial charge in [0.2, 0.25) is 5.91 Å². The molecule has 0 spiro atoms. The average molecular weight is 585 g/mol. The van der Waals surface area contributed by atoms with E-state index in [0.29, 0.717) is 16.4 Å². The van der Waals surface area contributed by atoms with E-state index in [9.17, 15) is 14.4 Å².